The number of benzene rings is 2. The molecule has 0 spiro atoms. The Morgan fingerprint density at radius 3 is 2.60 bits per heavy atom. The van der Waals surface area contributed by atoms with Crippen molar-refractivity contribution in [2.45, 2.75) is 44.1 Å². The number of anilines is 1. The Morgan fingerprint density at radius 1 is 1.13 bits per heavy atom. The first-order valence-corrected chi connectivity index (χ1v) is 12.1. The minimum Gasteiger partial charge on any atom is -0.488 e. The van der Waals surface area contributed by atoms with Gasteiger partial charge in [0.05, 0.1) is 22.8 Å². The molecule has 1 saturated carbocycles. The highest BCUT2D eigenvalue weighted by atomic mass is 32.2. The highest BCUT2D eigenvalue weighted by Crippen LogP contribution is 2.30. The molecule has 2 aromatic carbocycles. The number of aromatic nitrogens is 2. The number of hydrogen-bond acceptors (Lipinski definition) is 5. The monoisotopic (exact) mass is 427 g/mol. The lowest BCUT2D eigenvalue weighted by molar-refractivity contribution is -0.116. The van der Waals surface area contributed by atoms with E-state index in [2.05, 4.69) is 10.3 Å². The average molecular weight is 428 g/mol. The third kappa shape index (κ3) is 4.81. The summed E-state index contributed by atoms with van der Waals surface area (Å²) >= 11 is 0. The number of ether oxygens (including phenoxy) is 1. The Morgan fingerprint density at radius 2 is 1.83 bits per heavy atom. The second kappa shape index (κ2) is 8.47. The number of nitrogens with one attached hydrogen (secondary N) is 1. The van der Waals surface area contributed by atoms with Crippen LogP contribution in [0, 0.1) is 0 Å². The molecule has 1 N–H and O–H groups in total. The second-order valence-electron chi connectivity index (χ2n) is 7.74. The molecular formula is C22H25N3O4S. The summed E-state index contributed by atoms with van der Waals surface area (Å²) in [6.07, 6.45) is 5.72. The fourth-order valence-corrected chi connectivity index (χ4v) is 4.53. The minimum absolute atomic E-state index is 0.0386. The summed E-state index contributed by atoms with van der Waals surface area (Å²) in [6.45, 7) is -0.0386. The van der Waals surface area contributed by atoms with Crippen LogP contribution >= 0.6 is 0 Å². The molecule has 30 heavy (non-hydrogen) atoms. The van der Waals surface area contributed by atoms with E-state index in [0.717, 1.165) is 37.5 Å². The Hall–Kier alpha value is -2.87. The number of sulfone groups is 1. The number of rotatable bonds is 7. The number of imidazole rings is 1. The number of nitrogens with zero attached hydrogens (tertiary/aromatic N) is 2. The normalized spacial score (nSPS) is 14.8. The van der Waals surface area contributed by atoms with Gasteiger partial charge in [-0.15, -0.1) is 0 Å². The molecule has 1 aliphatic rings. The highest BCUT2D eigenvalue weighted by Gasteiger charge is 2.20. The molecule has 0 atom stereocenters. The SMILES string of the molecule is CS(=O)(=O)Cc1nc2ccccc2n1CC(=O)Nc1ccccc1OC1CCCC1. The number of amides is 1. The zero-order valence-corrected chi connectivity index (χ0v) is 17.7. The molecule has 7 nitrogen and oxygen atoms in total. The van der Waals surface area contributed by atoms with Crippen molar-refractivity contribution in [3.63, 3.8) is 0 Å². The van der Waals surface area contributed by atoms with E-state index >= 15 is 0 Å². The lowest BCUT2D eigenvalue weighted by Crippen LogP contribution is -2.22. The number of fused-ring (bicyclic) bond motifs is 1. The fraction of sp³-hybridized carbons (Fsp3) is 0.364. The molecule has 1 aromatic heterocycles. The third-order valence-electron chi connectivity index (χ3n) is 5.18. The van der Waals surface area contributed by atoms with Gasteiger partial charge in [0.2, 0.25) is 5.91 Å². The Kier molecular flexibility index (Phi) is 5.76. The smallest absolute Gasteiger partial charge is 0.244 e. The van der Waals surface area contributed by atoms with Gasteiger partial charge in [-0.1, -0.05) is 24.3 Å². The van der Waals surface area contributed by atoms with Crippen molar-refractivity contribution in [1.29, 1.82) is 0 Å². The van der Waals surface area contributed by atoms with Crippen molar-refractivity contribution in [2.24, 2.45) is 0 Å². The summed E-state index contributed by atoms with van der Waals surface area (Å²) in [5.41, 5.74) is 2.00. The summed E-state index contributed by atoms with van der Waals surface area (Å²) < 4.78 is 31.4. The van der Waals surface area contributed by atoms with E-state index in [4.69, 9.17) is 4.74 Å². The van der Waals surface area contributed by atoms with E-state index in [1.54, 1.807) is 10.6 Å². The van der Waals surface area contributed by atoms with Crippen molar-refractivity contribution >= 4 is 32.5 Å². The minimum atomic E-state index is -3.30. The van der Waals surface area contributed by atoms with Gasteiger partial charge >= 0.3 is 0 Å². The number of carbonyl (C=O) groups is 1. The lowest BCUT2D eigenvalue weighted by atomic mass is 10.2. The summed E-state index contributed by atoms with van der Waals surface area (Å²) in [5, 5.41) is 2.92. The third-order valence-corrected chi connectivity index (χ3v) is 5.97. The summed E-state index contributed by atoms with van der Waals surface area (Å²) in [5.74, 6) is 0.514. The zero-order valence-electron chi connectivity index (χ0n) is 16.9. The van der Waals surface area contributed by atoms with Gasteiger partial charge in [-0.3, -0.25) is 4.79 Å². The topological polar surface area (TPSA) is 90.3 Å². The lowest BCUT2D eigenvalue weighted by Gasteiger charge is -2.17. The van der Waals surface area contributed by atoms with Crippen molar-refractivity contribution in [2.75, 3.05) is 11.6 Å². The van der Waals surface area contributed by atoms with Crippen LogP contribution in [0.15, 0.2) is 48.5 Å². The van der Waals surface area contributed by atoms with Crippen LogP contribution in [0.1, 0.15) is 31.5 Å². The Bertz CT molecular complexity index is 1160. The van der Waals surface area contributed by atoms with E-state index in [9.17, 15) is 13.2 Å². The fourth-order valence-electron chi connectivity index (χ4n) is 3.84. The number of hydrogen-bond donors (Lipinski definition) is 1. The molecule has 0 bridgehead atoms. The van der Waals surface area contributed by atoms with Gasteiger partial charge < -0.3 is 14.6 Å². The van der Waals surface area contributed by atoms with E-state index < -0.39 is 9.84 Å². The number of para-hydroxylation sites is 4. The Balaban J connectivity index is 1.56. The van der Waals surface area contributed by atoms with Gasteiger partial charge in [-0.05, 0) is 49.9 Å². The van der Waals surface area contributed by atoms with E-state index in [1.165, 1.54) is 0 Å². The molecule has 1 amide bonds. The quantitative estimate of drug-likeness (QED) is 0.623. The van der Waals surface area contributed by atoms with Gasteiger partial charge in [-0.25, -0.2) is 13.4 Å². The molecule has 0 saturated heterocycles. The molecule has 0 unspecified atom stereocenters. The molecule has 0 aliphatic heterocycles. The molecule has 158 valence electrons. The molecular weight excluding hydrogens is 402 g/mol. The van der Waals surface area contributed by atoms with Gasteiger partial charge in [0.15, 0.2) is 9.84 Å². The van der Waals surface area contributed by atoms with Crippen molar-refractivity contribution in [3.05, 3.63) is 54.4 Å². The number of carbonyl (C=O) groups excluding carboxylic acids is 1. The van der Waals surface area contributed by atoms with Crippen LogP contribution in [0.3, 0.4) is 0 Å². The van der Waals surface area contributed by atoms with Crippen LogP contribution in [0.25, 0.3) is 11.0 Å². The van der Waals surface area contributed by atoms with Crippen LogP contribution in [0.2, 0.25) is 0 Å². The van der Waals surface area contributed by atoms with Crippen LogP contribution in [-0.4, -0.2) is 36.2 Å². The standard InChI is InChI=1S/C22H25N3O4S/c1-30(27,28)15-21-23-17-10-4-6-12-19(17)25(21)14-22(26)24-18-11-5-7-13-20(18)29-16-8-2-3-9-16/h4-7,10-13,16H,2-3,8-9,14-15H2,1H3,(H,24,26). The Labute approximate surface area is 176 Å². The van der Waals surface area contributed by atoms with Gasteiger partial charge in [0.1, 0.15) is 23.9 Å². The first-order valence-electron chi connectivity index (χ1n) is 10.1. The predicted molar refractivity (Wildman–Crippen MR) is 116 cm³/mol. The summed E-state index contributed by atoms with van der Waals surface area (Å²) in [6, 6.07) is 14.7. The maximum atomic E-state index is 12.9. The zero-order chi connectivity index (χ0) is 21.1. The molecule has 8 heteroatoms. The molecule has 3 aromatic rings. The molecule has 1 heterocycles. The van der Waals surface area contributed by atoms with E-state index in [0.29, 0.717) is 22.8 Å². The molecule has 4 rings (SSSR count). The van der Waals surface area contributed by atoms with Crippen molar-refractivity contribution in [1.82, 2.24) is 9.55 Å². The maximum Gasteiger partial charge on any atom is 0.244 e. The van der Waals surface area contributed by atoms with Crippen LogP contribution in [0.4, 0.5) is 5.69 Å². The van der Waals surface area contributed by atoms with Gasteiger partial charge in [0, 0.05) is 6.26 Å². The predicted octanol–water partition coefficient (Wildman–Crippen LogP) is 3.54. The van der Waals surface area contributed by atoms with Crippen LogP contribution < -0.4 is 10.1 Å². The highest BCUT2D eigenvalue weighted by molar-refractivity contribution is 7.89. The van der Waals surface area contributed by atoms with Gasteiger partial charge in [0.25, 0.3) is 0 Å². The van der Waals surface area contributed by atoms with Gasteiger partial charge in [-0.2, -0.15) is 0 Å². The first-order chi connectivity index (χ1) is 14.4. The van der Waals surface area contributed by atoms with Crippen molar-refractivity contribution < 1.29 is 17.9 Å². The van der Waals surface area contributed by atoms with Crippen molar-refractivity contribution in [3.8, 4) is 5.75 Å². The largest absolute Gasteiger partial charge is 0.488 e. The average Bonchev–Trinajstić information content (AvgIpc) is 3.31. The molecule has 1 fully saturated rings. The second-order valence-corrected chi connectivity index (χ2v) is 9.88. The molecule has 0 radical (unpaired) electrons. The van der Waals surface area contributed by atoms with Crippen LogP contribution in [0.5, 0.6) is 5.75 Å². The van der Waals surface area contributed by atoms with E-state index in [1.807, 2.05) is 42.5 Å². The molecule has 1 aliphatic carbocycles. The first kappa shape index (κ1) is 20.4. The van der Waals surface area contributed by atoms with Crippen LogP contribution in [-0.2, 0) is 26.9 Å². The van der Waals surface area contributed by atoms with E-state index in [-0.39, 0.29) is 24.3 Å². The summed E-state index contributed by atoms with van der Waals surface area (Å²) in [7, 11) is -3.30. The maximum absolute atomic E-state index is 12.9. The summed E-state index contributed by atoms with van der Waals surface area (Å²) in [4.78, 5) is 17.3.